The summed E-state index contributed by atoms with van der Waals surface area (Å²) in [6, 6.07) is 4.92. The lowest BCUT2D eigenvalue weighted by Crippen LogP contribution is -2.39. The van der Waals surface area contributed by atoms with Crippen molar-refractivity contribution < 1.29 is 68.6 Å². The van der Waals surface area contributed by atoms with Crippen molar-refractivity contribution in [1.29, 1.82) is 0 Å². The summed E-state index contributed by atoms with van der Waals surface area (Å²) in [7, 11) is 0. The van der Waals surface area contributed by atoms with Gasteiger partial charge in [-0.3, -0.25) is 0 Å². The number of carboxylic acids is 5. The van der Waals surface area contributed by atoms with Crippen LogP contribution >= 0.6 is 0 Å². The molecule has 2 rings (SSSR count). The predicted octanol–water partition coefficient (Wildman–Crippen LogP) is 2.63. The van der Waals surface area contributed by atoms with Crippen LogP contribution in [0, 0.1) is 0 Å². The Morgan fingerprint density at radius 2 is 1.03 bits per heavy atom. The summed E-state index contributed by atoms with van der Waals surface area (Å²) in [5, 5.41) is 46.2. The third kappa shape index (κ3) is 6.82. The first-order valence-electron chi connectivity index (χ1n) is 10.7. The van der Waals surface area contributed by atoms with Gasteiger partial charge in [-0.25, -0.2) is 33.6 Å². The smallest absolute Gasteiger partial charge is 0.341 e. The Labute approximate surface area is 218 Å². The fraction of sp³-hybridized carbons (Fsp3) is 0.160. The Morgan fingerprint density at radius 3 is 1.31 bits per heavy atom. The molecule has 0 spiro atoms. The molecule has 0 amide bonds. The van der Waals surface area contributed by atoms with Crippen LogP contribution in [0.2, 0.25) is 0 Å². The van der Waals surface area contributed by atoms with Crippen molar-refractivity contribution in [2.75, 3.05) is 0 Å². The summed E-state index contributed by atoms with van der Waals surface area (Å²) in [5.41, 5.74) is -4.18. The summed E-state index contributed by atoms with van der Waals surface area (Å²) >= 11 is 0. The number of benzene rings is 2. The van der Waals surface area contributed by atoms with Gasteiger partial charge in [0.25, 0.3) is 5.79 Å². The molecule has 0 bridgehead atoms. The van der Waals surface area contributed by atoms with Gasteiger partial charge in [0.05, 0.1) is 33.4 Å². The quantitative estimate of drug-likeness (QED) is 0.155. The lowest BCUT2D eigenvalue weighted by molar-refractivity contribution is -0.141. The van der Waals surface area contributed by atoms with Gasteiger partial charge in [0.15, 0.2) is 0 Å². The number of ether oxygens (including phenoxy) is 2. The van der Waals surface area contributed by atoms with Gasteiger partial charge in [0.1, 0.15) is 0 Å². The zero-order chi connectivity index (χ0) is 29.7. The Kier molecular flexibility index (Phi) is 8.89. The molecule has 0 unspecified atom stereocenters. The molecule has 0 radical (unpaired) electrons. The first-order valence-corrected chi connectivity index (χ1v) is 10.7. The average Bonchev–Trinajstić information content (AvgIpc) is 2.87. The third-order valence-corrected chi connectivity index (χ3v) is 5.23. The number of rotatable bonds is 11. The first kappa shape index (κ1) is 29.7. The van der Waals surface area contributed by atoms with Gasteiger partial charge in [-0.1, -0.05) is 6.92 Å². The van der Waals surface area contributed by atoms with Crippen molar-refractivity contribution in [3.8, 4) is 0 Å². The van der Waals surface area contributed by atoms with Gasteiger partial charge in [-0.05, 0) is 43.3 Å². The molecule has 5 N–H and O–H groups in total. The van der Waals surface area contributed by atoms with Crippen LogP contribution in [0.3, 0.4) is 0 Å². The van der Waals surface area contributed by atoms with Crippen LogP contribution in [0.5, 0.6) is 0 Å². The Hall–Kier alpha value is -5.53. The highest BCUT2D eigenvalue weighted by molar-refractivity contribution is 6.05. The zero-order valence-corrected chi connectivity index (χ0v) is 20.2. The van der Waals surface area contributed by atoms with E-state index in [0.29, 0.717) is 12.1 Å². The van der Waals surface area contributed by atoms with E-state index in [2.05, 4.69) is 0 Å². The summed E-state index contributed by atoms with van der Waals surface area (Å²) in [5.74, 6) is -13.1. The van der Waals surface area contributed by atoms with E-state index in [1.165, 1.54) is 6.92 Å². The molecule has 0 aliphatic carbocycles. The molecule has 14 nitrogen and oxygen atoms in total. The maximum absolute atomic E-state index is 12.9. The second kappa shape index (κ2) is 11.7. The molecule has 14 heteroatoms. The van der Waals surface area contributed by atoms with Crippen molar-refractivity contribution in [2.45, 2.75) is 26.1 Å². The standard InChI is InChI=1S/C25H20O14/c1-3-25(10-11(2)18(26)27,38-23(36)12-4-6-14(19(28)29)16(8-12)21(32)33)39-24(37)13-5-7-15(20(30)31)17(9-13)22(34)35/h4-10H,3H2,1-2H3,(H,26,27)(H,28,29)(H,30,31)(H,32,33)(H,34,35)/b11-10+. The fourth-order valence-corrected chi connectivity index (χ4v) is 3.22. The van der Waals surface area contributed by atoms with Crippen molar-refractivity contribution in [3.05, 3.63) is 81.4 Å². The monoisotopic (exact) mass is 544 g/mol. The van der Waals surface area contributed by atoms with Crippen LogP contribution < -0.4 is 0 Å². The van der Waals surface area contributed by atoms with Crippen LogP contribution in [0.25, 0.3) is 0 Å². The van der Waals surface area contributed by atoms with E-state index in [-0.39, 0.29) is 0 Å². The van der Waals surface area contributed by atoms with Gasteiger partial charge in [0.2, 0.25) is 0 Å². The number of aliphatic carboxylic acids is 1. The van der Waals surface area contributed by atoms with Gasteiger partial charge < -0.3 is 35.0 Å². The van der Waals surface area contributed by atoms with Crippen LogP contribution in [0.4, 0.5) is 0 Å². The molecule has 0 saturated heterocycles. The van der Waals surface area contributed by atoms with E-state index in [9.17, 15) is 48.9 Å². The number of aromatic carboxylic acids is 4. The van der Waals surface area contributed by atoms with E-state index in [4.69, 9.17) is 19.7 Å². The molecule has 0 aliphatic heterocycles. The molecule has 0 aromatic heterocycles. The third-order valence-electron chi connectivity index (χ3n) is 5.23. The van der Waals surface area contributed by atoms with E-state index < -0.39 is 92.9 Å². The largest absolute Gasteiger partial charge is 0.478 e. The van der Waals surface area contributed by atoms with Crippen molar-refractivity contribution in [1.82, 2.24) is 0 Å². The maximum atomic E-state index is 12.9. The number of hydrogen-bond acceptors (Lipinski definition) is 9. The zero-order valence-electron chi connectivity index (χ0n) is 20.2. The highest BCUT2D eigenvalue weighted by Crippen LogP contribution is 2.27. The van der Waals surface area contributed by atoms with Gasteiger partial charge >= 0.3 is 41.8 Å². The summed E-state index contributed by atoms with van der Waals surface area (Å²) < 4.78 is 10.6. The minimum absolute atomic E-state index is 0.396. The average molecular weight is 544 g/mol. The first-order chi connectivity index (χ1) is 18.1. The molecular weight excluding hydrogens is 524 g/mol. The summed E-state index contributed by atoms with van der Waals surface area (Å²) in [6.45, 7) is 2.42. The molecule has 0 saturated carbocycles. The molecule has 0 atom stereocenters. The fourth-order valence-electron chi connectivity index (χ4n) is 3.22. The van der Waals surface area contributed by atoms with Crippen molar-refractivity contribution in [2.24, 2.45) is 0 Å². The predicted molar refractivity (Wildman–Crippen MR) is 126 cm³/mol. The Bertz CT molecular complexity index is 1340. The number of carboxylic acid groups (broad SMARTS) is 5. The van der Waals surface area contributed by atoms with E-state index in [0.717, 1.165) is 37.3 Å². The molecule has 0 aliphatic rings. The van der Waals surface area contributed by atoms with E-state index in [1.54, 1.807) is 0 Å². The molecule has 0 heterocycles. The summed E-state index contributed by atoms with van der Waals surface area (Å²) in [4.78, 5) is 82.8. The van der Waals surface area contributed by atoms with E-state index in [1.807, 2.05) is 0 Å². The molecule has 2 aromatic carbocycles. The Balaban J connectivity index is 2.57. The van der Waals surface area contributed by atoms with Gasteiger partial charge in [0, 0.05) is 18.1 Å². The second-order valence-electron chi connectivity index (χ2n) is 7.82. The maximum Gasteiger partial charge on any atom is 0.341 e. The molecular formula is C25H20O14. The van der Waals surface area contributed by atoms with Crippen LogP contribution in [-0.2, 0) is 14.3 Å². The highest BCUT2D eigenvalue weighted by Gasteiger charge is 2.37. The molecule has 2 aromatic rings. The Morgan fingerprint density at radius 1 is 0.667 bits per heavy atom. The van der Waals surface area contributed by atoms with Gasteiger partial charge in [-0.15, -0.1) is 0 Å². The number of hydrogen-bond donors (Lipinski definition) is 5. The van der Waals surface area contributed by atoms with Crippen LogP contribution in [0.1, 0.15) is 82.4 Å². The minimum Gasteiger partial charge on any atom is -0.478 e. The van der Waals surface area contributed by atoms with E-state index >= 15 is 0 Å². The van der Waals surface area contributed by atoms with Crippen LogP contribution in [0.15, 0.2) is 48.0 Å². The highest BCUT2D eigenvalue weighted by atomic mass is 16.7. The molecule has 0 fully saturated rings. The number of carbonyl (C=O) groups excluding carboxylic acids is 2. The second-order valence-corrected chi connectivity index (χ2v) is 7.82. The lowest BCUT2D eigenvalue weighted by atomic mass is 10.0. The topological polar surface area (TPSA) is 239 Å². The summed E-state index contributed by atoms with van der Waals surface area (Å²) in [6.07, 6.45) is 0.381. The van der Waals surface area contributed by atoms with Crippen molar-refractivity contribution in [3.63, 3.8) is 0 Å². The number of esters is 2. The number of carbonyl (C=O) groups is 7. The van der Waals surface area contributed by atoms with Crippen molar-refractivity contribution >= 4 is 41.8 Å². The SMILES string of the molecule is CCC(/C=C(\C)C(=O)O)(OC(=O)c1ccc(C(=O)O)c(C(=O)O)c1)OC(=O)c1ccc(C(=O)O)c(C(=O)O)c1. The lowest BCUT2D eigenvalue weighted by Gasteiger charge is -2.29. The molecule has 39 heavy (non-hydrogen) atoms. The minimum atomic E-state index is -2.43. The van der Waals surface area contributed by atoms with Gasteiger partial charge in [-0.2, -0.15) is 0 Å². The van der Waals surface area contributed by atoms with Crippen LogP contribution in [-0.4, -0.2) is 73.1 Å². The molecule has 204 valence electrons. The normalized spacial score (nSPS) is 11.3.